The van der Waals surface area contributed by atoms with Crippen molar-refractivity contribution in [1.29, 1.82) is 0 Å². The van der Waals surface area contributed by atoms with E-state index in [4.69, 9.17) is 0 Å². The zero-order valence-corrected chi connectivity index (χ0v) is 16.6. The molecule has 6 heteroatoms. The highest BCUT2D eigenvalue weighted by atomic mass is 19.1. The molecule has 2 aliphatic rings. The van der Waals surface area contributed by atoms with Crippen LogP contribution in [0.2, 0.25) is 0 Å². The number of hydrogen-bond donors (Lipinski definition) is 0. The molecule has 0 spiro atoms. The molecule has 0 aliphatic carbocycles. The van der Waals surface area contributed by atoms with E-state index in [1.54, 1.807) is 24.0 Å². The van der Waals surface area contributed by atoms with Crippen LogP contribution in [0, 0.1) is 18.7 Å². The molecular weight excluding hydrogens is 345 g/mol. The largest absolute Gasteiger partial charge is 0.341 e. The molecule has 0 aromatic heterocycles. The lowest BCUT2D eigenvalue weighted by Gasteiger charge is -2.37. The monoisotopic (exact) mass is 375 g/mol. The van der Waals surface area contributed by atoms with Crippen LogP contribution in [0.1, 0.15) is 42.6 Å². The van der Waals surface area contributed by atoms with Gasteiger partial charge in [0, 0.05) is 44.8 Å². The van der Waals surface area contributed by atoms with Gasteiger partial charge in [0.25, 0.3) is 5.91 Å². The summed E-state index contributed by atoms with van der Waals surface area (Å²) in [6.45, 7) is 10.2. The first kappa shape index (κ1) is 19.8. The van der Waals surface area contributed by atoms with Crippen LogP contribution >= 0.6 is 0 Å². The highest BCUT2D eigenvalue weighted by Crippen LogP contribution is 2.21. The highest BCUT2D eigenvalue weighted by molar-refractivity contribution is 5.94. The van der Waals surface area contributed by atoms with Crippen molar-refractivity contribution >= 4 is 11.8 Å². The predicted octanol–water partition coefficient (Wildman–Crippen LogP) is 2.54. The van der Waals surface area contributed by atoms with Crippen molar-refractivity contribution in [2.45, 2.75) is 39.7 Å². The molecule has 1 unspecified atom stereocenters. The number of rotatable bonds is 5. The van der Waals surface area contributed by atoms with Gasteiger partial charge in [-0.1, -0.05) is 19.9 Å². The third kappa shape index (κ3) is 4.49. The van der Waals surface area contributed by atoms with E-state index in [2.05, 4.69) is 18.7 Å². The normalized spacial score (nSPS) is 21.4. The number of likely N-dealkylation sites (tertiary alicyclic amines) is 1. The van der Waals surface area contributed by atoms with Crippen LogP contribution in [0.15, 0.2) is 18.2 Å². The number of carbonyl (C=O) groups is 2. The molecule has 148 valence electrons. The lowest BCUT2D eigenvalue weighted by molar-refractivity contribution is -0.132. The maximum absolute atomic E-state index is 13.7. The Hall–Kier alpha value is -1.95. The maximum Gasteiger partial charge on any atom is 0.254 e. The van der Waals surface area contributed by atoms with Crippen molar-refractivity contribution in [3.8, 4) is 0 Å². The molecule has 1 aromatic rings. The van der Waals surface area contributed by atoms with Gasteiger partial charge in [0.05, 0.1) is 6.04 Å². The summed E-state index contributed by atoms with van der Waals surface area (Å²) in [5, 5.41) is 0. The zero-order valence-electron chi connectivity index (χ0n) is 16.6. The molecule has 2 saturated heterocycles. The Morgan fingerprint density at radius 3 is 2.52 bits per heavy atom. The van der Waals surface area contributed by atoms with Crippen molar-refractivity contribution in [2.75, 3.05) is 39.3 Å². The second kappa shape index (κ2) is 8.38. The third-order valence-electron chi connectivity index (χ3n) is 5.71. The number of aryl methyl sites for hydroxylation is 1. The fourth-order valence-corrected chi connectivity index (χ4v) is 3.84. The Morgan fingerprint density at radius 1 is 1.19 bits per heavy atom. The van der Waals surface area contributed by atoms with Gasteiger partial charge in [-0.05, 0) is 43.4 Å². The van der Waals surface area contributed by atoms with Gasteiger partial charge in [-0.25, -0.2) is 4.39 Å². The Kier molecular flexibility index (Phi) is 6.15. The van der Waals surface area contributed by atoms with Crippen molar-refractivity contribution in [1.82, 2.24) is 14.7 Å². The average molecular weight is 375 g/mol. The highest BCUT2D eigenvalue weighted by Gasteiger charge is 2.37. The fourth-order valence-electron chi connectivity index (χ4n) is 3.84. The molecule has 1 aromatic carbocycles. The van der Waals surface area contributed by atoms with Gasteiger partial charge in [0.2, 0.25) is 5.91 Å². The van der Waals surface area contributed by atoms with Gasteiger partial charge in [0.1, 0.15) is 5.82 Å². The SMILES string of the molecule is Cc1ccc(C(=O)N2CCN(C3CCN(CCC(C)C)C3=O)CC2)cc1F. The predicted molar refractivity (Wildman–Crippen MR) is 103 cm³/mol. The van der Waals surface area contributed by atoms with Crippen LogP contribution in [-0.4, -0.2) is 71.8 Å². The molecule has 3 rings (SSSR count). The van der Waals surface area contributed by atoms with Crippen LogP contribution in [0.25, 0.3) is 0 Å². The average Bonchev–Trinajstić information content (AvgIpc) is 3.02. The second-order valence-electron chi connectivity index (χ2n) is 8.10. The number of benzene rings is 1. The van der Waals surface area contributed by atoms with E-state index in [1.165, 1.54) is 6.07 Å². The van der Waals surface area contributed by atoms with E-state index < -0.39 is 0 Å². The van der Waals surface area contributed by atoms with Gasteiger partial charge >= 0.3 is 0 Å². The quantitative estimate of drug-likeness (QED) is 0.794. The van der Waals surface area contributed by atoms with Gasteiger partial charge in [-0.2, -0.15) is 0 Å². The fraction of sp³-hybridized carbons (Fsp3) is 0.619. The first-order chi connectivity index (χ1) is 12.9. The van der Waals surface area contributed by atoms with E-state index in [-0.39, 0.29) is 23.7 Å². The van der Waals surface area contributed by atoms with Gasteiger partial charge in [0.15, 0.2) is 0 Å². The van der Waals surface area contributed by atoms with E-state index in [0.29, 0.717) is 43.2 Å². The zero-order chi connectivity index (χ0) is 19.6. The second-order valence-corrected chi connectivity index (χ2v) is 8.10. The molecule has 0 bridgehead atoms. The molecule has 27 heavy (non-hydrogen) atoms. The molecule has 0 radical (unpaired) electrons. The molecule has 2 fully saturated rings. The maximum atomic E-state index is 13.7. The number of amides is 2. The van der Waals surface area contributed by atoms with Crippen LogP contribution in [-0.2, 0) is 4.79 Å². The number of hydrogen-bond acceptors (Lipinski definition) is 3. The standard InChI is InChI=1S/C21H30FN3O2/c1-15(2)6-8-24-9-7-19(21(24)27)23-10-12-25(13-11-23)20(26)17-5-4-16(3)18(22)14-17/h4-5,14-15,19H,6-13H2,1-3H3. The minimum atomic E-state index is -0.350. The Labute approximate surface area is 161 Å². The van der Waals surface area contributed by atoms with Crippen LogP contribution in [0.4, 0.5) is 4.39 Å². The molecule has 2 aliphatic heterocycles. The minimum Gasteiger partial charge on any atom is -0.341 e. The third-order valence-corrected chi connectivity index (χ3v) is 5.71. The Morgan fingerprint density at radius 2 is 1.89 bits per heavy atom. The van der Waals surface area contributed by atoms with Crippen molar-refractivity contribution in [3.63, 3.8) is 0 Å². The van der Waals surface area contributed by atoms with Crippen molar-refractivity contribution < 1.29 is 14.0 Å². The minimum absolute atomic E-state index is 0.0498. The van der Waals surface area contributed by atoms with Crippen LogP contribution in [0.3, 0.4) is 0 Å². The van der Waals surface area contributed by atoms with Crippen LogP contribution in [0.5, 0.6) is 0 Å². The topological polar surface area (TPSA) is 43.9 Å². The molecule has 2 heterocycles. The Bertz CT molecular complexity index is 699. The van der Waals surface area contributed by atoms with E-state index in [1.807, 2.05) is 4.90 Å². The van der Waals surface area contributed by atoms with Crippen molar-refractivity contribution in [3.05, 3.63) is 35.1 Å². The molecule has 1 atom stereocenters. The first-order valence-electron chi connectivity index (χ1n) is 9.95. The van der Waals surface area contributed by atoms with E-state index in [9.17, 15) is 14.0 Å². The van der Waals surface area contributed by atoms with Crippen molar-refractivity contribution in [2.24, 2.45) is 5.92 Å². The van der Waals surface area contributed by atoms with E-state index >= 15 is 0 Å². The smallest absolute Gasteiger partial charge is 0.254 e. The summed E-state index contributed by atoms with van der Waals surface area (Å²) in [6.07, 6.45) is 1.90. The number of nitrogens with zero attached hydrogens (tertiary/aromatic N) is 3. The van der Waals surface area contributed by atoms with Gasteiger partial charge in [-0.3, -0.25) is 14.5 Å². The molecular formula is C21H30FN3O2. The summed E-state index contributed by atoms with van der Waals surface area (Å²) in [5.74, 6) is 0.344. The Balaban J connectivity index is 1.53. The molecule has 2 amide bonds. The molecule has 0 N–H and O–H groups in total. The molecule has 5 nitrogen and oxygen atoms in total. The van der Waals surface area contributed by atoms with Gasteiger partial charge < -0.3 is 9.80 Å². The summed E-state index contributed by atoms with van der Waals surface area (Å²) in [6, 6.07) is 4.59. The van der Waals surface area contributed by atoms with E-state index in [0.717, 1.165) is 25.9 Å². The summed E-state index contributed by atoms with van der Waals surface area (Å²) >= 11 is 0. The van der Waals surface area contributed by atoms with Gasteiger partial charge in [-0.15, -0.1) is 0 Å². The lowest BCUT2D eigenvalue weighted by Crippen LogP contribution is -2.53. The number of carbonyl (C=O) groups excluding carboxylic acids is 2. The summed E-state index contributed by atoms with van der Waals surface area (Å²) < 4.78 is 13.7. The lowest BCUT2D eigenvalue weighted by atomic mass is 10.1. The first-order valence-corrected chi connectivity index (χ1v) is 9.95. The van der Waals surface area contributed by atoms with Crippen LogP contribution < -0.4 is 0 Å². The number of piperazine rings is 1. The number of halogens is 1. The summed E-state index contributed by atoms with van der Waals surface area (Å²) in [5.41, 5.74) is 0.932. The summed E-state index contributed by atoms with van der Waals surface area (Å²) in [4.78, 5) is 31.3. The molecule has 0 saturated carbocycles. The summed E-state index contributed by atoms with van der Waals surface area (Å²) in [7, 11) is 0.